The normalized spacial score (nSPS) is 13.8. The van der Waals surface area contributed by atoms with Crippen molar-refractivity contribution in [2.24, 2.45) is 0 Å². The summed E-state index contributed by atoms with van der Waals surface area (Å²) >= 11 is 1.62. The molecule has 1 fully saturated rings. The molecule has 2 aromatic carbocycles. The van der Waals surface area contributed by atoms with E-state index in [0.717, 1.165) is 46.2 Å². The monoisotopic (exact) mass is 391 g/mol. The maximum Gasteiger partial charge on any atom is 0.228 e. The van der Waals surface area contributed by atoms with Crippen molar-refractivity contribution in [3.63, 3.8) is 0 Å². The Bertz CT molecular complexity index is 993. The van der Waals surface area contributed by atoms with Crippen molar-refractivity contribution in [2.75, 3.05) is 16.8 Å². The maximum atomic E-state index is 12.3. The molecule has 0 saturated carbocycles. The molecule has 0 unspecified atom stereocenters. The van der Waals surface area contributed by atoms with Crippen LogP contribution in [0.4, 0.5) is 11.4 Å². The van der Waals surface area contributed by atoms with Gasteiger partial charge in [-0.2, -0.15) is 0 Å². The Labute approximate surface area is 168 Å². The molecule has 1 aromatic heterocycles. The summed E-state index contributed by atoms with van der Waals surface area (Å²) in [6.45, 7) is 2.76. The summed E-state index contributed by atoms with van der Waals surface area (Å²) < 4.78 is 0. The van der Waals surface area contributed by atoms with E-state index in [1.807, 2.05) is 60.8 Å². The number of aryl methyl sites for hydroxylation is 1. The second-order valence-corrected chi connectivity index (χ2v) is 7.93. The van der Waals surface area contributed by atoms with Gasteiger partial charge in [-0.3, -0.25) is 9.59 Å². The first kappa shape index (κ1) is 18.4. The molecule has 6 heteroatoms. The lowest BCUT2D eigenvalue weighted by atomic mass is 10.1. The molecular formula is C22H21N3O2S. The fraction of sp³-hybridized carbons (Fsp3) is 0.227. The number of hydrogen-bond donors (Lipinski definition) is 1. The number of carbonyl (C=O) groups is 2. The van der Waals surface area contributed by atoms with Gasteiger partial charge in [0.15, 0.2) is 0 Å². The molecule has 2 heterocycles. The zero-order valence-corrected chi connectivity index (χ0v) is 16.5. The minimum absolute atomic E-state index is 0.0674. The van der Waals surface area contributed by atoms with Crippen LogP contribution in [0.2, 0.25) is 0 Å². The van der Waals surface area contributed by atoms with Crippen molar-refractivity contribution in [3.8, 4) is 11.3 Å². The van der Waals surface area contributed by atoms with E-state index in [9.17, 15) is 9.59 Å². The molecule has 0 aliphatic carbocycles. The first-order valence-electron chi connectivity index (χ1n) is 9.30. The lowest BCUT2D eigenvalue weighted by Gasteiger charge is -2.15. The number of amides is 2. The largest absolute Gasteiger partial charge is 0.326 e. The molecule has 2 amide bonds. The third-order valence-corrected chi connectivity index (χ3v) is 5.54. The van der Waals surface area contributed by atoms with Gasteiger partial charge in [0.1, 0.15) is 0 Å². The van der Waals surface area contributed by atoms with Crippen molar-refractivity contribution < 1.29 is 9.59 Å². The third-order valence-electron chi connectivity index (χ3n) is 4.77. The molecular weight excluding hydrogens is 370 g/mol. The number of hydrogen-bond acceptors (Lipinski definition) is 4. The lowest BCUT2D eigenvalue weighted by molar-refractivity contribution is -0.117. The summed E-state index contributed by atoms with van der Waals surface area (Å²) in [7, 11) is 0. The van der Waals surface area contributed by atoms with Gasteiger partial charge >= 0.3 is 0 Å². The van der Waals surface area contributed by atoms with Gasteiger partial charge in [0.2, 0.25) is 11.8 Å². The SMILES string of the molecule is Cc1nc(-c2ccc(NC(=O)Cc3ccc(N4CCCC4=O)cc3)cc2)cs1. The highest BCUT2D eigenvalue weighted by molar-refractivity contribution is 7.09. The summed E-state index contributed by atoms with van der Waals surface area (Å²) in [5.74, 6) is 0.101. The Morgan fingerprint density at radius 2 is 1.89 bits per heavy atom. The Hall–Kier alpha value is -2.99. The fourth-order valence-electron chi connectivity index (χ4n) is 3.33. The van der Waals surface area contributed by atoms with Crippen molar-refractivity contribution in [1.82, 2.24) is 4.98 Å². The van der Waals surface area contributed by atoms with Gasteiger partial charge in [0.25, 0.3) is 0 Å². The van der Waals surface area contributed by atoms with Crippen LogP contribution in [0.3, 0.4) is 0 Å². The zero-order valence-electron chi connectivity index (χ0n) is 15.6. The topological polar surface area (TPSA) is 62.3 Å². The van der Waals surface area contributed by atoms with Gasteiger partial charge in [0, 0.05) is 35.3 Å². The van der Waals surface area contributed by atoms with Crippen molar-refractivity contribution in [1.29, 1.82) is 0 Å². The van der Waals surface area contributed by atoms with Gasteiger partial charge in [-0.15, -0.1) is 11.3 Å². The van der Waals surface area contributed by atoms with Gasteiger partial charge < -0.3 is 10.2 Å². The van der Waals surface area contributed by atoms with Gasteiger partial charge in [0.05, 0.1) is 17.1 Å². The Morgan fingerprint density at radius 3 is 2.50 bits per heavy atom. The predicted octanol–water partition coefficient (Wildman–Crippen LogP) is 4.43. The highest BCUT2D eigenvalue weighted by Gasteiger charge is 2.21. The number of thiazole rings is 1. The second kappa shape index (κ2) is 7.94. The molecule has 5 nitrogen and oxygen atoms in total. The highest BCUT2D eigenvalue weighted by atomic mass is 32.1. The van der Waals surface area contributed by atoms with Crippen LogP contribution in [0.25, 0.3) is 11.3 Å². The lowest BCUT2D eigenvalue weighted by Crippen LogP contribution is -2.23. The van der Waals surface area contributed by atoms with Crippen LogP contribution in [-0.2, 0) is 16.0 Å². The quantitative estimate of drug-likeness (QED) is 0.700. The van der Waals surface area contributed by atoms with Crippen LogP contribution >= 0.6 is 11.3 Å². The molecule has 0 spiro atoms. The molecule has 142 valence electrons. The molecule has 3 aromatic rings. The summed E-state index contributed by atoms with van der Waals surface area (Å²) in [6.07, 6.45) is 1.82. The Morgan fingerprint density at radius 1 is 1.14 bits per heavy atom. The number of benzene rings is 2. The number of nitrogens with one attached hydrogen (secondary N) is 1. The van der Waals surface area contributed by atoms with Gasteiger partial charge in [-0.05, 0) is 43.2 Å². The number of carbonyl (C=O) groups excluding carboxylic acids is 2. The number of anilines is 2. The zero-order chi connectivity index (χ0) is 19.5. The van der Waals surface area contributed by atoms with E-state index in [-0.39, 0.29) is 11.8 Å². The average Bonchev–Trinajstić information content (AvgIpc) is 3.31. The standard InChI is InChI=1S/C22H21N3O2S/c1-15-23-20(14-28-15)17-6-8-18(9-7-17)24-21(26)13-16-4-10-19(11-5-16)25-12-2-3-22(25)27/h4-11,14H,2-3,12-13H2,1H3,(H,24,26). The second-order valence-electron chi connectivity index (χ2n) is 6.87. The Balaban J connectivity index is 1.35. The van der Waals surface area contributed by atoms with E-state index >= 15 is 0 Å². The minimum Gasteiger partial charge on any atom is -0.326 e. The molecule has 1 saturated heterocycles. The molecule has 1 aliphatic heterocycles. The first-order valence-corrected chi connectivity index (χ1v) is 10.2. The minimum atomic E-state index is -0.0674. The van der Waals surface area contributed by atoms with Gasteiger partial charge in [-0.1, -0.05) is 24.3 Å². The van der Waals surface area contributed by atoms with E-state index in [4.69, 9.17) is 0 Å². The summed E-state index contributed by atoms with van der Waals surface area (Å²) in [5.41, 5.74) is 4.58. The molecule has 1 N–H and O–H groups in total. The highest BCUT2D eigenvalue weighted by Crippen LogP contribution is 2.24. The summed E-state index contributed by atoms with van der Waals surface area (Å²) in [6, 6.07) is 15.4. The van der Waals surface area contributed by atoms with Crippen LogP contribution in [0, 0.1) is 6.92 Å². The number of aromatic nitrogens is 1. The van der Waals surface area contributed by atoms with Crippen LogP contribution in [0.15, 0.2) is 53.9 Å². The van der Waals surface area contributed by atoms with Crippen molar-refractivity contribution >= 4 is 34.5 Å². The predicted molar refractivity (Wildman–Crippen MR) is 113 cm³/mol. The average molecular weight is 391 g/mol. The molecule has 28 heavy (non-hydrogen) atoms. The number of nitrogens with zero attached hydrogens (tertiary/aromatic N) is 2. The van der Waals surface area contributed by atoms with Crippen LogP contribution in [-0.4, -0.2) is 23.3 Å². The molecule has 0 atom stereocenters. The van der Waals surface area contributed by atoms with Crippen LogP contribution < -0.4 is 10.2 Å². The van der Waals surface area contributed by atoms with Gasteiger partial charge in [-0.25, -0.2) is 4.98 Å². The van der Waals surface area contributed by atoms with E-state index in [0.29, 0.717) is 12.8 Å². The third kappa shape index (κ3) is 4.12. The smallest absolute Gasteiger partial charge is 0.228 e. The fourth-order valence-corrected chi connectivity index (χ4v) is 3.95. The summed E-state index contributed by atoms with van der Waals surface area (Å²) in [5, 5.41) is 5.99. The number of rotatable bonds is 5. The van der Waals surface area contributed by atoms with Crippen molar-refractivity contribution in [3.05, 3.63) is 64.5 Å². The van der Waals surface area contributed by atoms with E-state index < -0.39 is 0 Å². The maximum absolute atomic E-state index is 12.3. The van der Waals surface area contributed by atoms with Crippen LogP contribution in [0.1, 0.15) is 23.4 Å². The van der Waals surface area contributed by atoms with E-state index in [1.54, 1.807) is 16.2 Å². The van der Waals surface area contributed by atoms with Crippen LogP contribution in [0.5, 0.6) is 0 Å². The van der Waals surface area contributed by atoms with E-state index in [2.05, 4.69) is 10.3 Å². The van der Waals surface area contributed by atoms with E-state index in [1.165, 1.54) is 0 Å². The molecule has 4 rings (SSSR count). The first-order chi connectivity index (χ1) is 13.6. The molecule has 0 radical (unpaired) electrons. The summed E-state index contributed by atoms with van der Waals surface area (Å²) in [4.78, 5) is 30.4. The molecule has 1 aliphatic rings. The van der Waals surface area contributed by atoms with Crippen molar-refractivity contribution in [2.45, 2.75) is 26.2 Å². The molecule has 0 bridgehead atoms. The Kier molecular flexibility index (Phi) is 5.21.